The molecule has 4 nitrogen and oxygen atoms in total. The van der Waals surface area contributed by atoms with Crippen molar-refractivity contribution in [3.63, 3.8) is 0 Å². The summed E-state index contributed by atoms with van der Waals surface area (Å²) in [4.78, 5) is 15.7. The molecule has 172 valence electrons. The molecule has 0 aromatic heterocycles. The average molecular weight is 435 g/mol. The van der Waals surface area contributed by atoms with Gasteiger partial charge < -0.3 is 15.0 Å². The fraction of sp³-hybridized carbons (Fsp3) is 0.536. The Balaban J connectivity index is 1.63. The minimum absolute atomic E-state index is 0.0605. The third-order valence-corrected chi connectivity index (χ3v) is 6.98. The molecule has 2 aliphatic rings. The maximum atomic E-state index is 13.6. The first kappa shape index (κ1) is 22.7. The highest BCUT2D eigenvalue weighted by molar-refractivity contribution is 5.77. The Bertz CT molecular complexity index is 889. The van der Waals surface area contributed by atoms with Gasteiger partial charge in [-0.05, 0) is 42.4 Å². The van der Waals surface area contributed by atoms with Crippen molar-refractivity contribution in [3.05, 3.63) is 59.7 Å². The van der Waals surface area contributed by atoms with Crippen molar-refractivity contribution in [1.82, 2.24) is 4.90 Å². The van der Waals surface area contributed by atoms with Crippen LogP contribution in [0.15, 0.2) is 48.5 Å². The number of ether oxygens (including phenoxy) is 1. The number of carbonyl (C=O) groups is 1. The number of nitrogens with zero attached hydrogens (tertiary/aromatic N) is 1. The highest BCUT2D eigenvalue weighted by atomic mass is 16.5. The monoisotopic (exact) mass is 434 g/mol. The Kier molecular flexibility index (Phi) is 7.72. The van der Waals surface area contributed by atoms with Crippen molar-refractivity contribution in [2.45, 2.75) is 77.9 Å². The van der Waals surface area contributed by atoms with Crippen LogP contribution in [-0.2, 0) is 17.9 Å². The maximum Gasteiger partial charge on any atom is 0.223 e. The van der Waals surface area contributed by atoms with E-state index in [9.17, 15) is 4.79 Å². The van der Waals surface area contributed by atoms with E-state index in [1.165, 1.54) is 31.2 Å². The lowest BCUT2D eigenvalue weighted by atomic mass is 9.98. The molecule has 0 unspecified atom stereocenters. The van der Waals surface area contributed by atoms with Gasteiger partial charge in [0.1, 0.15) is 12.4 Å². The molecular weight excluding hydrogens is 396 g/mol. The summed E-state index contributed by atoms with van der Waals surface area (Å²) in [6.07, 6.45) is 7.83. The second kappa shape index (κ2) is 10.9. The van der Waals surface area contributed by atoms with Crippen molar-refractivity contribution < 1.29 is 9.53 Å². The van der Waals surface area contributed by atoms with Crippen LogP contribution < -0.4 is 10.1 Å². The molecule has 32 heavy (non-hydrogen) atoms. The van der Waals surface area contributed by atoms with Gasteiger partial charge in [0.05, 0.1) is 6.04 Å². The van der Waals surface area contributed by atoms with Crippen molar-refractivity contribution in [3.8, 4) is 5.75 Å². The van der Waals surface area contributed by atoms with Crippen LogP contribution in [0.5, 0.6) is 5.75 Å². The molecule has 1 N–H and O–H groups in total. The molecule has 1 aliphatic carbocycles. The van der Waals surface area contributed by atoms with Crippen molar-refractivity contribution >= 4 is 11.6 Å². The highest BCUT2D eigenvalue weighted by Crippen LogP contribution is 2.30. The summed E-state index contributed by atoms with van der Waals surface area (Å²) in [6, 6.07) is 16.7. The number of nitrogens with one attached hydrogen (secondary N) is 1. The van der Waals surface area contributed by atoms with Crippen molar-refractivity contribution in [2.24, 2.45) is 11.8 Å². The number of hydrogen-bond acceptors (Lipinski definition) is 3. The van der Waals surface area contributed by atoms with Gasteiger partial charge in [-0.2, -0.15) is 0 Å². The van der Waals surface area contributed by atoms with Crippen LogP contribution >= 0.6 is 0 Å². The Labute approximate surface area is 193 Å². The van der Waals surface area contributed by atoms with E-state index in [1.54, 1.807) is 0 Å². The zero-order chi connectivity index (χ0) is 22.3. The maximum absolute atomic E-state index is 13.6. The lowest BCUT2D eigenvalue weighted by molar-refractivity contribution is -0.135. The Morgan fingerprint density at radius 2 is 1.78 bits per heavy atom. The number of anilines is 1. The fourth-order valence-corrected chi connectivity index (χ4v) is 5.20. The Morgan fingerprint density at radius 1 is 1.06 bits per heavy atom. The van der Waals surface area contributed by atoms with Gasteiger partial charge in [0.2, 0.25) is 5.91 Å². The SMILES string of the molecule is CC(C)C[C@H]1COc2ccccc2CNc2ccccc2CN1C(=O)CCC1CCCC1. The predicted octanol–water partition coefficient (Wildman–Crippen LogP) is 6.40. The standard InChI is InChI=1S/C28H38N2O2/c1-21(2)17-25-20-32-27-14-8-6-11-23(27)18-29-26-13-7-5-12-24(26)19-30(25)28(31)16-15-22-9-3-4-10-22/h5-8,11-14,21-22,25,29H,3-4,9-10,15-20H2,1-2H3/t25-/m0/s1. The Hall–Kier alpha value is -2.49. The van der Waals surface area contributed by atoms with E-state index in [0.29, 0.717) is 32.0 Å². The van der Waals surface area contributed by atoms with Gasteiger partial charge >= 0.3 is 0 Å². The van der Waals surface area contributed by atoms with Crippen LogP contribution in [0.1, 0.15) is 69.9 Å². The van der Waals surface area contributed by atoms with Crippen LogP contribution in [0.2, 0.25) is 0 Å². The molecule has 2 aromatic rings. The van der Waals surface area contributed by atoms with E-state index in [1.807, 2.05) is 12.1 Å². The topological polar surface area (TPSA) is 41.6 Å². The molecule has 2 aromatic carbocycles. The first-order chi connectivity index (χ1) is 15.6. The number of fused-ring (bicyclic) bond motifs is 2. The van der Waals surface area contributed by atoms with E-state index in [0.717, 1.165) is 35.8 Å². The van der Waals surface area contributed by atoms with Gasteiger partial charge in [0.25, 0.3) is 0 Å². The molecule has 4 rings (SSSR count). The van der Waals surface area contributed by atoms with Crippen LogP contribution in [0, 0.1) is 11.8 Å². The zero-order valence-electron chi connectivity index (χ0n) is 19.7. The normalized spacial score (nSPS) is 19.5. The molecule has 1 atom stereocenters. The lowest BCUT2D eigenvalue weighted by Gasteiger charge is -2.34. The largest absolute Gasteiger partial charge is 0.491 e. The minimum atomic E-state index is 0.0605. The molecule has 1 aliphatic heterocycles. The third kappa shape index (κ3) is 5.85. The summed E-state index contributed by atoms with van der Waals surface area (Å²) in [7, 11) is 0. The quantitative estimate of drug-likeness (QED) is 0.591. The van der Waals surface area contributed by atoms with E-state index >= 15 is 0 Å². The minimum Gasteiger partial charge on any atom is -0.491 e. The molecule has 1 amide bonds. The summed E-state index contributed by atoms with van der Waals surface area (Å²) in [5.41, 5.74) is 3.42. The molecular formula is C28H38N2O2. The molecule has 0 saturated heterocycles. The van der Waals surface area contributed by atoms with Gasteiger partial charge in [-0.15, -0.1) is 0 Å². The van der Waals surface area contributed by atoms with E-state index in [4.69, 9.17) is 4.74 Å². The van der Waals surface area contributed by atoms with Crippen molar-refractivity contribution in [1.29, 1.82) is 0 Å². The number of rotatable bonds is 5. The van der Waals surface area contributed by atoms with E-state index in [2.05, 4.69) is 60.5 Å². The van der Waals surface area contributed by atoms with Gasteiger partial charge in [-0.25, -0.2) is 0 Å². The first-order valence-electron chi connectivity index (χ1n) is 12.4. The Morgan fingerprint density at radius 3 is 2.56 bits per heavy atom. The molecule has 1 saturated carbocycles. The van der Waals surface area contributed by atoms with E-state index in [-0.39, 0.29) is 11.9 Å². The van der Waals surface area contributed by atoms with Gasteiger partial charge in [-0.1, -0.05) is 75.9 Å². The summed E-state index contributed by atoms with van der Waals surface area (Å²) in [5.74, 6) is 2.39. The van der Waals surface area contributed by atoms with Gasteiger partial charge in [0, 0.05) is 30.8 Å². The van der Waals surface area contributed by atoms with Crippen LogP contribution in [0.3, 0.4) is 0 Å². The molecule has 4 heteroatoms. The van der Waals surface area contributed by atoms with Gasteiger partial charge in [0.15, 0.2) is 0 Å². The summed E-state index contributed by atoms with van der Waals surface area (Å²) in [5, 5.41) is 3.59. The van der Waals surface area contributed by atoms with Crippen molar-refractivity contribution in [2.75, 3.05) is 11.9 Å². The molecule has 0 spiro atoms. The predicted molar refractivity (Wildman–Crippen MR) is 131 cm³/mol. The highest BCUT2D eigenvalue weighted by Gasteiger charge is 2.28. The summed E-state index contributed by atoms with van der Waals surface area (Å²) in [6.45, 7) is 6.33. The first-order valence-corrected chi connectivity index (χ1v) is 12.4. The smallest absolute Gasteiger partial charge is 0.223 e. The average Bonchev–Trinajstić information content (AvgIpc) is 3.31. The third-order valence-electron chi connectivity index (χ3n) is 6.98. The second-order valence-corrected chi connectivity index (χ2v) is 9.92. The van der Waals surface area contributed by atoms with Crippen LogP contribution in [0.4, 0.5) is 5.69 Å². The second-order valence-electron chi connectivity index (χ2n) is 9.92. The molecule has 1 fully saturated rings. The van der Waals surface area contributed by atoms with E-state index < -0.39 is 0 Å². The number of amides is 1. The van der Waals surface area contributed by atoms with Crippen LogP contribution in [-0.4, -0.2) is 23.5 Å². The number of para-hydroxylation sites is 2. The molecule has 0 bridgehead atoms. The molecule has 0 radical (unpaired) electrons. The summed E-state index contributed by atoms with van der Waals surface area (Å²) >= 11 is 0. The zero-order valence-corrected chi connectivity index (χ0v) is 19.7. The number of benzene rings is 2. The number of hydrogen-bond donors (Lipinski definition) is 1. The number of carbonyl (C=O) groups excluding carboxylic acids is 1. The van der Waals surface area contributed by atoms with Crippen LogP contribution in [0.25, 0.3) is 0 Å². The summed E-state index contributed by atoms with van der Waals surface area (Å²) < 4.78 is 6.36. The fourth-order valence-electron chi connectivity index (χ4n) is 5.20. The lowest BCUT2D eigenvalue weighted by Crippen LogP contribution is -2.44. The van der Waals surface area contributed by atoms with Gasteiger partial charge in [-0.3, -0.25) is 4.79 Å². The molecule has 1 heterocycles.